The van der Waals surface area contributed by atoms with Crippen LogP contribution in [0.3, 0.4) is 0 Å². The Balaban J connectivity index is 2.02. The third-order valence-corrected chi connectivity index (χ3v) is 6.40. The largest absolute Gasteiger partial charge is 0.454 e. The standard InChI is InChI=1S/C19H19BrClN3O7S/c1-11(2)18(23-32(29,30)14-6-3-12(20)4-7-14)19(26)31-10-17(25)22-13-5-8-15(21)16(9-13)24(27)28/h3-9,11,18,23H,10H2,1-2H3,(H,22,25)/t18-/m1/s1. The highest BCUT2D eigenvalue weighted by Gasteiger charge is 2.30. The number of nitrogens with one attached hydrogen (secondary N) is 2. The molecule has 0 aliphatic rings. The molecule has 172 valence electrons. The molecule has 0 aromatic heterocycles. The van der Waals surface area contributed by atoms with E-state index >= 15 is 0 Å². The molecule has 0 aliphatic carbocycles. The Morgan fingerprint density at radius 1 is 1.19 bits per heavy atom. The van der Waals surface area contributed by atoms with Crippen molar-refractivity contribution in [1.82, 2.24) is 4.72 Å². The number of anilines is 1. The van der Waals surface area contributed by atoms with Crippen LogP contribution >= 0.6 is 27.5 Å². The quantitative estimate of drug-likeness (QED) is 0.277. The van der Waals surface area contributed by atoms with Gasteiger partial charge in [-0.3, -0.25) is 19.7 Å². The van der Waals surface area contributed by atoms with E-state index < -0.39 is 51.1 Å². The van der Waals surface area contributed by atoms with Crippen LogP contribution in [0.4, 0.5) is 11.4 Å². The van der Waals surface area contributed by atoms with E-state index in [-0.39, 0.29) is 15.6 Å². The van der Waals surface area contributed by atoms with Gasteiger partial charge in [-0.05, 0) is 42.3 Å². The van der Waals surface area contributed by atoms with Gasteiger partial charge < -0.3 is 10.1 Å². The minimum atomic E-state index is -4.02. The zero-order valence-corrected chi connectivity index (χ0v) is 20.0. The number of hydrogen-bond acceptors (Lipinski definition) is 7. The predicted octanol–water partition coefficient (Wildman–Crippen LogP) is 3.50. The lowest BCUT2D eigenvalue weighted by atomic mass is 10.1. The van der Waals surface area contributed by atoms with Crippen molar-refractivity contribution >= 4 is 60.8 Å². The van der Waals surface area contributed by atoms with Gasteiger partial charge >= 0.3 is 5.97 Å². The first-order chi connectivity index (χ1) is 14.9. The molecule has 1 atom stereocenters. The van der Waals surface area contributed by atoms with Gasteiger partial charge in [-0.2, -0.15) is 4.72 Å². The normalized spacial score (nSPS) is 12.3. The summed E-state index contributed by atoms with van der Waals surface area (Å²) in [6, 6.07) is 8.23. The number of carbonyl (C=O) groups is 2. The Morgan fingerprint density at radius 2 is 1.81 bits per heavy atom. The molecule has 0 unspecified atom stereocenters. The number of nitrogens with zero attached hydrogens (tertiary/aromatic N) is 1. The highest BCUT2D eigenvalue weighted by atomic mass is 79.9. The molecule has 13 heteroatoms. The zero-order valence-electron chi connectivity index (χ0n) is 16.9. The van der Waals surface area contributed by atoms with Gasteiger partial charge in [-0.25, -0.2) is 8.42 Å². The van der Waals surface area contributed by atoms with Crippen LogP contribution in [0.1, 0.15) is 13.8 Å². The molecule has 0 bridgehead atoms. The molecule has 2 aromatic carbocycles. The van der Waals surface area contributed by atoms with E-state index in [2.05, 4.69) is 26.0 Å². The van der Waals surface area contributed by atoms with Gasteiger partial charge in [0.25, 0.3) is 11.6 Å². The van der Waals surface area contributed by atoms with Crippen molar-refractivity contribution in [2.75, 3.05) is 11.9 Å². The summed E-state index contributed by atoms with van der Waals surface area (Å²) in [5, 5.41) is 13.2. The first-order valence-electron chi connectivity index (χ1n) is 9.09. The van der Waals surface area contributed by atoms with Gasteiger partial charge in [-0.15, -0.1) is 0 Å². The average Bonchev–Trinajstić information content (AvgIpc) is 2.71. The first kappa shape index (κ1) is 25.7. The highest BCUT2D eigenvalue weighted by Crippen LogP contribution is 2.27. The van der Waals surface area contributed by atoms with Crippen LogP contribution in [0.2, 0.25) is 5.02 Å². The fourth-order valence-electron chi connectivity index (χ4n) is 2.46. The van der Waals surface area contributed by atoms with E-state index in [0.29, 0.717) is 4.47 Å². The van der Waals surface area contributed by atoms with Crippen LogP contribution in [0.5, 0.6) is 0 Å². The topological polar surface area (TPSA) is 145 Å². The molecular weight excluding hydrogens is 530 g/mol. The van der Waals surface area contributed by atoms with Crippen molar-refractivity contribution < 1.29 is 27.7 Å². The van der Waals surface area contributed by atoms with Crippen LogP contribution in [0.25, 0.3) is 0 Å². The molecule has 2 N–H and O–H groups in total. The van der Waals surface area contributed by atoms with Crippen LogP contribution in [-0.4, -0.2) is 37.9 Å². The number of hydrogen-bond donors (Lipinski definition) is 2. The third-order valence-electron chi connectivity index (χ3n) is 4.10. The van der Waals surface area contributed by atoms with E-state index in [1.807, 2.05) is 0 Å². The Morgan fingerprint density at radius 3 is 2.38 bits per heavy atom. The lowest BCUT2D eigenvalue weighted by Gasteiger charge is -2.20. The summed E-state index contributed by atoms with van der Waals surface area (Å²) in [7, 11) is -4.02. The van der Waals surface area contributed by atoms with E-state index in [1.54, 1.807) is 26.0 Å². The first-order valence-corrected chi connectivity index (χ1v) is 11.7. The molecule has 0 spiro atoms. The van der Waals surface area contributed by atoms with Crippen LogP contribution in [0, 0.1) is 16.0 Å². The fourth-order valence-corrected chi connectivity index (χ4v) is 4.24. The second kappa shape index (κ2) is 10.9. The second-order valence-corrected chi connectivity index (χ2v) is 9.91. The summed E-state index contributed by atoms with van der Waals surface area (Å²) >= 11 is 8.93. The van der Waals surface area contributed by atoms with Gasteiger partial charge in [0, 0.05) is 16.2 Å². The Labute approximate surface area is 197 Å². The van der Waals surface area contributed by atoms with Crippen LogP contribution < -0.4 is 10.0 Å². The molecule has 0 saturated carbocycles. The number of halogens is 2. The minimum Gasteiger partial charge on any atom is -0.454 e. The van der Waals surface area contributed by atoms with Crippen molar-refractivity contribution in [1.29, 1.82) is 0 Å². The molecule has 0 aliphatic heterocycles. The van der Waals surface area contributed by atoms with E-state index in [1.165, 1.54) is 24.3 Å². The molecule has 32 heavy (non-hydrogen) atoms. The van der Waals surface area contributed by atoms with Gasteiger partial charge in [0.15, 0.2) is 6.61 Å². The Bertz CT molecular complexity index is 1120. The number of nitro groups is 1. The lowest BCUT2D eigenvalue weighted by Crippen LogP contribution is -2.45. The summed E-state index contributed by atoms with van der Waals surface area (Å²) in [5.41, 5.74) is -0.317. The van der Waals surface area contributed by atoms with Gasteiger partial charge in [0.05, 0.1) is 9.82 Å². The predicted molar refractivity (Wildman–Crippen MR) is 121 cm³/mol. The number of benzene rings is 2. The van der Waals surface area contributed by atoms with E-state index in [0.717, 1.165) is 6.07 Å². The Hall–Kier alpha value is -2.54. The van der Waals surface area contributed by atoms with Gasteiger partial charge in [0.2, 0.25) is 10.0 Å². The maximum Gasteiger partial charge on any atom is 0.324 e. The third kappa shape index (κ3) is 6.99. The maximum absolute atomic E-state index is 12.6. The number of carbonyl (C=O) groups excluding carboxylic acids is 2. The summed E-state index contributed by atoms with van der Waals surface area (Å²) in [6.07, 6.45) is 0. The van der Waals surface area contributed by atoms with E-state index in [4.69, 9.17) is 16.3 Å². The molecule has 0 saturated heterocycles. The molecule has 1 amide bonds. The van der Waals surface area contributed by atoms with Gasteiger partial charge in [0.1, 0.15) is 11.1 Å². The smallest absolute Gasteiger partial charge is 0.324 e. The molecular formula is C19H19BrClN3O7S. The van der Waals surface area contributed by atoms with Crippen molar-refractivity contribution in [3.8, 4) is 0 Å². The van der Waals surface area contributed by atoms with E-state index in [9.17, 15) is 28.1 Å². The van der Waals surface area contributed by atoms with Gasteiger partial charge in [-0.1, -0.05) is 41.4 Å². The molecule has 0 heterocycles. The number of rotatable bonds is 9. The molecule has 10 nitrogen and oxygen atoms in total. The molecule has 0 fully saturated rings. The maximum atomic E-state index is 12.6. The number of ether oxygens (including phenoxy) is 1. The minimum absolute atomic E-state index is 0.0405. The number of nitro benzene ring substituents is 1. The average molecular weight is 549 g/mol. The second-order valence-electron chi connectivity index (χ2n) is 6.88. The summed E-state index contributed by atoms with van der Waals surface area (Å²) < 4.78 is 33.1. The zero-order chi connectivity index (χ0) is 24.1. The van der Waals surface area contributed by atoms with Crippen LogP contribution in [0.15, 0.2) is 51.8 Å². The van der Waals surface area contributed by atoms with Crippen LogP contribution in [-0.2, 0) is 24.3 Å². The molecule has 2 aromatic rings. The Kier molecular flexibility index (Phi) is 8.73. The lowest BCUT2D eigenvalue weighted by molar-refractivity contribution is -0.384. The van der Waals surface area contributed by atoms with Crippen molar-refractivity contribution in [2.24, 2.45) is 5.92 Å². The summed E-state index contributed by atoms with van der Waals surface area (Å²) in [6.45, 7) is 2.50. The number of sulfonamides is 1. The number of amides is 1. The van der Waals surface area contributed by atoms with Crippen molar-refractivity contribution in [3.63, 3.8) is 0 Å². The number of esters is 1. The highest BCUT2D eigenvalue weighted by molar-refractivity contribution is 9.10. The summed E-state index contributed by atoms with van der Waals surface area (Å²) in [5.74, 6) is -2.19. The fraction of sp³-hybridized carbons (Fsp3) is 0.263. The van der Waals surface area contributed by atoms with Crippen molar-refractivity contribution in [3.05, 3.63) is 62.1 Å². The molecule has 2 rings (SSSR count). The monoisotopic (exact) mass is 547 g/mol. The summed E-state index contributed by atoms with van der Waals surface area (Å²) in [4.78, 5) is 34.7. The molecule has 0 radical (unpaired) electrons. The SMILES string of the molecule is CC(C)[C@@H](NS(=O)(=O)c1ccc(Br)cc1)C(=O)OCC(=O)Nc1ccc(Cl)c([N+](=O)[O-])c1. The van der Waals surface area contributed by atoms with Crippen molar-refractivity contribution in [2.45, 2.75) is 24.8 Å².